The van der Waals surface area contributed by atoms with Gasteiger partial charge in [0.1, 0.15) is 0 Å². The number of carbonyl (C=O) groups is 2. The molecular formula is C12H16NO3-. The van der Waals surface area contributed by atoms with Crippen molar-refractivity contribution in [3.8, 4) is 0 Å². The van der Waals surface area contributed by atoms with Gasteiger partial charge in [-0.25, -0.2) is 0 Å². The number of amides is 1. The van der Waals surface area contributed by atoms with Crippen molar-refractivity contribution in [2.45, 2.75) is 32.1 Å². The zero-order valence-electron chi connectivity index (χ0n) is 9.20. The number of aliphatic carboxylic acids is 1. The summed E-state index contributed by atoms with van der Waals surface area (Å²) in [5.41, 5.74) is 1.38. The second-order valence-electron chi connectivity index (χ2n) is 3.80. The molecule has 88 valence electrons. The van der Waals surface area contributed by atoms with Crippen LogP contribution < -0.4 is 10.4 Å². The van der Waals surface area contributed by atoms with Gasteiger partial charge in [-0.15, -0.1) is 0 Å². The summed E-state index contributed by atoms with van der Waals surface area (Å²) in [6.45, 7) is 0.558. The third kappa shape index (κ3) is 5.34. The van der Waals surface area contributed by atoms with E-state index >= 15 is 0 Å². The van der Waals surface area contributed by atoms with Crippen molar-refractivity contribution >= 4 is 11.9 Å². The van der Waals surface area contributed by atoms with Gasteiger partial charge in [0.05, 0.1) is 5.97 Å². The van der Waals surface area contributed by atoms with Crippen LogP contribution in [0.5, 0.6) is 0 Å². The highest BCUT2D eigenvalue weighted by Gasteiger charge is 2.03. The van der Waals surface area contributed by atoms with E-state index in [1.54, 1.807) is 0 Å². The number of carboxylic acids is 1. The van der Waals surface area contributed by atoms with E-state index in [1.807, 2.05) is 0 Å². The minimum Gasteiger partial charge on any atom is -0.545 e. The Bertz CT molecular complexity index is 318. The number of allylic oxidation sites excluding steroid dienone is 1. The van der Waals surface area contributed by atoms with E-state index in [-0.39, 0.29) is 5.91 Å². The Hall–Kier alpha value is -1.58. The fraction of sp³-hybridized carbons (Fsp3) is 0.500. The molecule has 1 amide bonds. The zero-order valence-corrected chi connectivity index (χ0v) is 9.20. The number of carbonyl (C=O) groups excluding carboxylic acids is 2. The maximum atomic E-state index is 11.1. The molecule has 0 aromatic carbocycles. The highest BCUT2D eigenvalue weighted by molar-refractivity contribution is 5.93. The molecule has 4 nitrogen and oxygen atoms in total. The van der Waals surface area contributed by atoms with Crippen LogP contribution in [0.25, 0.3) is 0 Å². The van der Waals surface area contributed by atoms with Crippen LogP contribution in [0.4, 0.5) is 0 Å². The van der Waals surface area contributed by atoms with E-state index in [0.717, 1.165) is 31.4 Å². The van der Waals surface area contributed by atoms with Crippen molar-refractivity contribution in [3.63, 3.8) is 0 Å². The maximum Gasteiger partial charge on any atom is 0.244 e. The van der Waals surface area contributed by atoms with Crippen LogP contribution >= 0.6 is 0 Å². The molecule has 1 aliphatic rings. The molecule has 0 aromatic heterocycles. The lowest BCUT2D eigenvalue weighted by Crippen LogP contribution is -2.24. The standard InChI is InChI=1S/C12H17NO3/c14-11(6-7-12(15)16)13-9-8-10-4-2-1-3-5-10/h4,6-7H,1-3,5,8-9H2,(H,13,14)(H,15,16)/p-1. The first kappa shape index (κ1) is 12.5. The Labute approximate surface area is 95.0 Å². The first-order valence-electron chi connectivity index (χ1n) is 5.53. The number of carboxylic acid groups (broad SMARTS) is 1. The molecule has 0 radical (unpaired) electrons. The minimum atomic E-state index is -1.36. The van der Waals surface area contributed by atoms with Crippen LogP contribution in [-0.2, 0) is 9.59 Å². The summed E-state index contributed by atoms with van der Waals surface area (Å²) in [5, 5.41) is 12.7. The van der Waals surface area contributed by atoms with Gasteiger partial charge in [-0.2, -0.15) is 0 Å². The largest absolute Gasteiger partial charge is 0.545 e. The summed E-state index contributed by atoms with van der Waals surface area (Å²) in [4.78, 5) is 21.1. The molecule has 0 unspecified atom stereocenters. The van der Waals surface area contributed by atoms with Gasteiger partial charge in [0.2, 0.25) is 5.91 Å². The lowest BCUT2D eigenvalue weighted by molar-refractivity contribution is -0.297. The van der Waals surface area contributed by atoms with Gasteiger partial charge in [0, 0.05) is 12.6 Å². The first-order chi connectivity index (χ1) is 7.68. The SMILES string of the molecule is O=C([O-])C=CC(=O)NCCC1=CCCCC1. The summed E-state index contributed by atoms with van der Waals surface area (Å²) >= 11 is 0. The van der Waals surface area contributed by atoms with Gasteiger partial charge < -0.3 is 15.2 Å². The summed E-state index contributed by atoms with van der Waals surface area (Å²) in [5.74, 6) is -1.74. The molecule has 0 atom stereocenters. The summed E-state index contributed by atoms with van der Waals surface area (Å²) < 4.78 is 0. The average molecular weight is 222 g/mol. The molecule has 0 aliphatic heterocycles. The van der Waals surface area contributed by atoms with Crippen molar-refractivity contribution in [2.75, 3.05) is 6.54 Å². The maximum absolute atomic E-state index is 11.1. The van der Waals surface area contributed by atoms with E-state index < -0.39 is 5.97 Å². The monoisotopic (exact) mass is 222 g/mol. The topological polar surface area (TPSA) is 69.2 Å². The number of hydrogen-bond donors (Lipinski definition) is 1. The third-order valence-electron chi connectivity index (χ3n) is 2.50. The van der Waals surface area contributed by atoms with Gasteiger partial charge in [-0.3, -0.25) is 4.79 Å². The van der Waals surface area contributed by atoms with Crippen molar-refractivity contribution in [3.05, 3.63) is 23.8 Å². The Kier molecular flexibility index (Phi) is 5.32. The average Bonchev–Trinajstić information content (AvgIpc) is 2.28. The van der Waals surface area contributed by atoms with Crippen molar-refractivity contribution < 1.29 is 14.7 Å². The highest BCUT2D eigenvalue weighted by atomic mass is 16.4. The molecule has 1 N–H and O–H groups in total. The minimum absolute atomic E-state index is 0.388. The predicted molar refractivity (Wildman–Crippen MR) is 58.3 cm³/mol. The molecule has 4 heteroatoms. The third-order valence-corrected chi connectivity index (χ3v) is 2.50. The summed E-state index contributed by atoms with van der Waals surface area (Å²) in [7, 11) is 0. The van der Waals surface area contributed by atoms with E-state index in [2.05, 4.69) is 11.4 Å². The van der Waals surface area contributed by atoms with E-state index in [1.165, 1.54) is 18.4 Å². The fourth-order valence-electron chi connectivity index (χ4n) is 1.68. The van der Waals surface area contributed by atoms with Crippen LogP contribution in [0.2, 0.25) is 0 Å². The van der Waals surface area contributed by atoms with E-state index in [0.29, 0.717) is 6.54 Å². The summed E-state index contributed by atoms with van der Waals surface area (Å²) in [6.07, 6.45) is 9.52. The number of hydrogen-bond acceptors (Lipinski definition) is 3. The van der Waals surface area contributed by atoms with Crippen LogP contribution in [0.1, 0.15) is 32.1 Å². The van der Waals surface area contributed by atoms with Crippen molar-refractivity contribution in [1.82, 2.24) is 5.32 Å². The normalized spacial score (nSPS) is 15.9. The molecule has 0 fully saturated rings. The number of nitrogens with one attached hydrogen (secondary N) is 1. The molecule has 1 aliphatic carbocycles. The molecule has 0 spiro atoms. The van der Waals surface area contributed by atoms with Crippen molar-refractivity contribution in [1.29, 1.82) is 0 Å². The molecule has 0 aromatic rings. The van der Waals surface area contributed by atoms with Crippen molar-refractivity contribution in [2.24, 2.45) is 0 Å². The molecule has 0 saturated heterocycles. The molecule has 0 bridgehead atoms. The van der Waals surface area contributed by atoms with Crippen LogP contribution in [0, 0.1) is 0 Å². The predicted octanol–water partition coefficient (Wildman–Crippen LogP) is 0.299. The fourth-order valence-corrected chi connectivity index (χ4v) is 1.68. The Morgan fingerprint density at radius 3 is 2.81 bits per heavy atom. The highest BCUT2D eigenvalue weighted by Crippen LogP contribution is 2.19. The molecule has 16 heavy (non-hydrogen) atoms. The van der Waals surface area contributed by atoms with Crippen LogP contribution in [-0.4, -0.2) is 18.4 Å². The Morgan fingerprint density at radius 1 is 1.38 bits per heavy atom. The van der Waals surface area contributed by atoms with Gasteiger partial charge in [-0.1, -0.05) is 11.6 Å². The van der Waals surface area contributed by atoms with E-state index in [4.69, 9.17) is 0 Å². The zero-order chi connectivity index (χ0) is 11.8. The van der Waals surface area contributed by atoms with Gasteiger partial charge in [-0.05, 0) is 38.2 Å². The molecular weight excluding hydrogens is 206 g/mol. The van der Waals surface area contributed by atoms with Gasteiger partial charge >= 0.3 is 0 Å². The van der Waals surface area contributed by atoms with Crippen LogP contribution in [0.3, 0.4) is 0 Å². The first-order valence-corrected chi connectivity index (χ1v) is 5.53. The lowest BCUT2D eigenvalue weighted by Gasteiger charge is -2.12. The number of rotatable bonds is 5. The lowest BCUT2D eigenvalue weighted by atomic mass is 9.97. The van der Waals surface area contributed by atoms with Gasteiger partial charge in [0.25, 0.3) is 0 Å². The van der Waals surface area contributed by atoms with Crippen LogP contribution in [0.15, 0.2) is 23.8 Å². The molecule has 0 saturated carbocycles. The Balaban J connectivity index is 2.17. The van der Waals surface area contributed by atoms with Gasteiger partial charge in [0.15, 0.2) is 0 Å². The second kappa shape index (κ2) is 6.82. The summed E-state index contributed by atoms with van der Waals surface area (Å²) in [6, 6.07) is 0. The Morgan fingerprint density at radius 2 is 2.19 bits per heavy atom. The molecule has 1 rings (SSSR count). The smallest absolute Gasteiger partial charge is 0.244 e. The quantitative estimate of drug-likeness (QED) is 0.537. The van der Waals surface area contributed by atoms with E-state index in [9.17, 15) is 14.7 Å². The second-order valence-corrected chi connectivity index (χ2v) is 3.80. The molecule has 0 heterocycles.